The second-order valence-corrected chi connectivity index (χ2v) is 7.29. The van der Waals surface area contributed by atoms with Crippen molar-refractivity contribution in [3.05, 3.63) is 23.0 Å². The second-order valence-electron chi connectivity index (χ2n) is 7.29. The molecule has 0 spiro atoms. The Morgan fingerprint density at radius 1 is 1.24 bits per heavy atom. The Kier molecular flexibility index (Phi) is 5.47. The molecule has 0 radical (unpaired) electrons. The van der Waals surface area contributed by atoms with Crippen LogP contribution in [0.2, 0.25) is 0 Å². The van der Waals surface area contributed by atoms with Crippen molar-refractivity contribution >= 4 is 11.9 Å². The van der Waals surface area contributed by atoms with Gasteiger partial charge in [-0.1, -0.05) is 19.3 Å². The highest BCUT2D eigenvalue weighted by Gasteiger charge is 2.29. The van der Waals surface area contributed by atoms with Crippen LogP contribution in [0.25, 0.3) is 0 Å². The van der Waals surface area contributed by atoms with Crippen LogP contribution >= 0.6 is 0 Å². The molecule has 1 aromatic heterocycles. The van der Waals surface area contributed by atoms with E-state index in [1.54, 1.807) is 4.90 Å². The maximum absolute atomic E-state index is 13.0. The summed E-state index contributed by atoms with van der Waals surface area (Å²) >= 11 is 0. The lowest BCUT2D eigenvalue weighted by molar-refractivity contribution is -0.141. The highest BCUT2D eigenvalue weighted by atomic mass is 16.5. The van der Waals surface area contributed by atoms with Gasteiger partial charge >= 0.3 is 5.97 Å². The van der Waals surface area contributed by atoms with E-state index in [0.717, 1.165) is 17.0 Å². The van der Waals surface area contributed by atoms with Crippen LogP contribution < -0.4 is 0 Å². The number of rotatable bonds is 4. The van der Waals surface area contributed by atoms with E-state index in [9.17, 15) is 9.59 Å². The van der Waals surface area contributed by atoms with E-state index in [2.05, 4.69) is 11.5 Å². The number of aliphatic carboxylic acids is 1. The zero-order chi connectivity index (χ0) is 18.0. The number of hydrogen-bond donors (Lipinski definition) is 1. The Morgan fingerprint density at radius 2 is 1.96 bits per heavy atom. The van der Waals surface area contributed by atoms with Crippen molar-refractivity contribution in [1.82, 2.24) is 9.47 Å². The third-order valence-electron chi connectivity index (χ3n) is 5.48. The van der Waals surface area contributed by atoms with Crippen molar-refractivity contribution in [2.24, 2.45) is 0 Å². The first kappa shape index (κ1) is 18.0. The lowest BCUT2D eigenvalue weighted by Gasteiger charge is -2.32. The summed E-state index contributed by atoms with van der Waals surface area (Å²) in [6.45, 7) is 5.36. The van der Waals surface area contributed by atoms with E-state index >= 15 is 0 Å². The number of nitrogens with zero attached hydrogens (tertiary/aromatic N) is 2. The summed E-state index contributed by atoms with van der Waals surface area (Å²) in [6, 6.07) is 2.49. The van der Waals surface area contributed by atoms with Gasteiger partial charge in [-0.25, -0.2) is 0 Å². The molecule has 1 atom stereocenters. The van der Waals surface area contributed by atoms with Crippen molar-refractivity contribution in [3.63, 3.8) is 0 Å². The number of ether oxygens (including phenoxy) is 1. The van der Waals surface area contributed by atoms with Crippen LogP contribution in [0.15, 0.2) is 6.07 Å². The molecule has 1 N–H and O–H groups in total. The van der Waals surface area contributed by atoms with Gasteiger partial charge in [0.15, 0.2) is 0 Å². The van der Waals surface area contributed by atoms with E-state index in [4.69, 9.17) is 9.84 Å². The lowest BCUT2D eigenvalue weighted by atomic mass is 9.95. The molecule has 1 aliphatic heterocycles. The molecule has 0 bridgehead atoms. The van der Waals surface area contributed by atoms with Gasteiger partial charge in [-0.3, -0.25) is 9.59 Å². The van der Waals surface area contributed by atoms with Gasteiger partial charge in [-0.15, -0.1) is 0 Å². The minimum atomic E-state index is -0.894. The summed E-state index contributed by atoms with van der Waals surface area (Å²) in [6.07, 6.45) is 5.70. The number of carbonyl (C=O) groups excluding carboxylic acids is 1. The third-order valence-corrected chi connectivity index (χ3v) is 5.48. The average Bonchev–Trinajstić information content (AvgIpc) is 2.89. The van der Waals surface area contributed by atoms with Gasteiger partial charge in [0.05, 0.1) is 24.7 Å². The number of aromatic nitrogens is 1. The minimum Gasteiger partial charge on any atom is -0.481 e. The largest absolute Gasteiger partial charge is 0.481 e. The Labute approximate surface area is 148 Å². The molecule has 1 saturated heterocycles. The number of carboxylic acid groups (broad SMARTS) is 1. The van der Waals surface area contributed by atoms with Gasteiger partial charge in [0, 0.05) is 30.5 Å². The summed E-state index contributed by atoms with van der Waals surface area (Å²) in [5.41, 5.74) is 2.93. The first-order valence-electron chi connectivity index (χ1n) is 9.28. The Hall–Kier alpha value is -1.82. The monoisotopic (exact) mass is 348 g/mol. The predicted molar refractivity (Wildman–Crippen MR) is 93.9 cm³/mol. The van der Waals surface area contributed by atoms with Gasteiger partial charge in [0.1, 0.15) is 0 Å². The van der Waals surface area contributed by atoms with Crippen LogP contribution in [-0.4, -0.2) is 52.3 Å². The van der Waals surface area contributed by atoms with Crippen molar-refractivity contribution < 1.29 is 19.4 Å². The van der Waals surface area contributed by atoms with Gasteiger partial charge in [-0.2, -0.15) is 0 Å². The molecule has 2 heterocycles. The molecule has 2 fully saturated rings. The number of morpholine rings is 1. The van der Waals surface area contributed by atoms with Crippen LogP contribution in [0.3, 0.4) is 0 Å². The van der Waals surface area contributed by atoms with Gasteiger partial charge in [0.2, 0.25) is 0 Å². The van der Waals surface area contributed by atoms with Crippen LogP contribution in [0, 0.1) is 13.8 Å². The molecule has 0 aromatic carbocycles. The standard InChI is InChI=1S/C19H28N2O4/c1-13-10-17(14(2)21(13)15-6-4-3-5-7-15)19(24)20-8-9-25-16(12-20)11-18(22)23/h10,15-16H,3-9,11-12H2,1-2H3,(H,22,23). The number of amides is 1. The van der Waals surface area contributed by atoms with Crippen LogP contribution in [0.5, 0.6) is 0 Å². The fourth-order valence-electron chi connectivity index (χ4n) is 4.29. The molecule has 1 saturated carbocycles. The van der Waals surface area contributed by atoms with Gasteiger partial charge < -0.3 is 19.3 Å². The summed E-state index contributed by atoms with van der Waals surface area (Å²) in [5.74, 6) is -0.899. The number of hydrogen-bond acceptors (Lipinski definition) is 3. The SMILES string of the molecule is Cc1cc(C(=O)N2CCOC(CC(=O)O)C2)c(C)n1C1CCCCC1. The molecule has 138 valence electrons. The van der Waals surface area contributed by atoms with Crippen molar-refractivity contribution in [2.45, 2.75) is 64.5 Å². The number of carboxylic acids is 1. The highest BCUT2D eigenvalue weighted by molar-refractivity contribution is 5.95. The van der Waals surface area contributed by atoms with Gasteiger partial charge in [0.25, 0.3) is 5.91 Å². The molecule has 1 aliphatic carbocycles. The molecule has 3 rings (SSSR count). The molecule has 6 nitrogen and oxygen atoms in total. The third kappa shape index (κ3) is 3.89. The maximum atomic E-state index is 13.0. The average molecular weight is 348 g/mol. The molecule has 2 aliphatic rings. The molecule has 1 aromatic rings. The first-order valence-corrected chi connectivity index (χ1v) is 9.28. The molecular weight excluding hydrogens is 320 g/mol. The van der Waals surface area contributed by atoms with Crippen LogP contribution in [0.1, 0.15) is 66.3 Å². The Bertz CT molecular complexity index is 646. The van der Waals surface area contributed by atoms with Gasteiger partial charge in [-0.05, 0) is 32.8 Å². The Balaban J connectivity index is 1.77. The van der Waals surface area contributed by atoms with E-state index in [0.29, 0.717) is 25.7 Å². The fourth-order valence-corrected chi connectivity index (χ4v) is 4.29. The molecule has 1 unspecified atom stereocenters. The van der Waals surface area contributed by atoms with E-state index < -0.39 is 12.1 Å². The smallest absolute Gasteiger partial charge is 0.306 e. The molecule has 25 heavy (non-hydrogen) atoms. The highest BCUT2D eigenvalue weighted by Crippen LogP contribution is 2.32. The van der Waals surface area contributed by atoms with Crippen molar-refractivity contribution in [1.29, 1.82) is 0 Å². The number of carbonyl (C=O) groups is 2. The molecular formula is C19H28N2O4. The van der Waals surface area contributed by atoms with Crippen LogP contribution in [0.4, 0.5) is 0 Å². The van der Waals surface area contributed by atoms with E-state index in [-0.39, 0.29) is 12.3 Å². The molecule has 1 amide bonds. The van der Waals surface area contributed by atoms with E-state index in [1.165, 1.54) is 32.1 Å². The zero-order valence-electron chi connectivity index (χ0n) is 15.2. The van der Waals surface area contributed by atoms with Crippen molar-refractivity contribution in [2.75, 3.05) is 19.7 Å². The Morgan fingerprint density at radius 3 is 2.64 bits per heavy atom. The minimum absolute atomic E-state index is 0.00570. The normalized spacial score (nSPS) is 22.2. The second kappa shape index (κ2) is 7.60. The summed E-state index contributed by atoms with van der Waals surface area (Å²) in [4.78, 5) is 25.7. The topological polar surface area (TPSA) is 71.8 Å². The lowest BCUT2D eigenvalue weighted by Crippen LogP contribution is -2.46. The summed E-state index contributed by atoms with van der Waals surface area (Å²) in [5, 5.41) is 8.95. The summed E-state index contributed by atoms with van der Waals surface area (Å²) in [7, 11) is 0. The fraction of sp³-hybridized carbons (Fsp3) is 0.684. The van der Waals surface area contributed by atoms with E-state index in [1.807, 2.05) is 13.0 Å². The van der Waals surface area contributed by atoms with Crippen LogP contribution in [-0.2, 0) is 9.53 Å². The number of aryl methyl sites for hydroxylation is 1. The zero-order valence-corrected chi connectivity index (χ0v) is 15.2. The molecule has 6 heteroatoms. The first-order chi connectivity index (χ1) is 12.0. The quantitative estimate of drug-likeness (QED) is 0.908. The maximum Gasteiger partial charge on any atom is 0.306 e. The summed E-state index contributed by atoms with van der Waals surface area (Å²) < 4.78 is 7.81. The van der Waals surface area contributed by atoms with Crippen molar-refractivity contribution in [3.8, 4) is 0 Å². The predicted octanol–water partition coefficient (Wildman–Crippen LogP) is 2.93.